The molecule has 0 amide bonds. The number of hydrogen-bond acceptors (Lipinski definition) is 2. The van der Waals surface area contributed by atoms with Crippen molar-refractivity contribution in [1.29, 1.82) is 0 Å². The molecule has 1 heterocycles. The molecule has 2 nitrogen and oxygen atoms in total. The zero-order valence-corrected chi connectivity index (χ0v) is 10.2. The minimum Gasteiger partial charge on any atom is -0.323 e. The molecule has 0 saturated heterocycles. The lowest BCUT2D eigenvalue weighted by molar-refractivity contribution is 0.221. The van der Waals surface area contributed by atoms with Gasteiger partial charge in [-0.2, -0.15) is 0 Å². The van der Waals surface area contributed by atoms with E-state index in [1.165, 1.54) is 24.0 Å². The van der Waals surface area contributed by atoms with Gasteiger partial charge in [-0.3, -0.25) is 4.90 Å². The summed E-state index contributed by atoms with van der Waals surface area (Å²) in [4.78, 5) is 2.53. The summed E-state index contributed by atoms with van der Waals surface area (Å²) >= 11 is 3.51. The Balaban J connectivity index is 1.93. The highest BCUT2D eigenvalue weighted by Gasteiger charge is 2.33. The van der Waals surface area contributed by atoms with Crippen LogP contribution in [0.5, 0.6) is 0 Å². The fourth-order valence-corrected chi connectivity index (χ4v) is 2.79. The number of nitrogens with two attached hydrogens (primary N) is 1. The Hall–Kier alpha value is -0.380. The third-order valence-electron chi connectivity index (χ3n) is 3.38. The van der Waals surface area contributed by atoms with E-state index in [1.54, 1.807) is 0 Å². The molecule has 1 unspecified atom stereocenters. The molecule has 1 saturated carbocycles. The van der Waals surface area contributed by atoms with Crippen molar-refractivity contribution >= 4 is 15.9 Å². The van der Waals surface area contributed by atoms with Crippen LogP contribution >= 0.6 is 15.9 Å². The molecule has 1 aromatic carbocycles. The normalized spacial score (nSPS) is 26.4. The summed E-state index contributed by atoms with van der Waals surface area (Å²) in [5, 5.41) is 0. The Kier molecular flexibility index (Phi) is 2.34. The first kappa shape index (κ1) is 9.82. The predicted octanol–water partition coefficient (Wildman–Crippen LogP) is 2.43. The van der Waals surface area contributed by atoms with Crippen molar-refractivity contribution in [2.75, 3.05) is 6.54 Å². The van der Waals surface area contributed by atoms with Crippen molar-refractivity contribution in [2.45, 2.75) is 31.5 Å². The summed E-state index contributed by atoms with van der Waals surface area (Å²) in [5.41, 5.74) is 8.94. The zero-order chi connectivity index (χ0) is 10.4. The molecule has 3 rings (SSSR count). The second kappa shape index (κ2) is 3.58. The summed E-state index contributed by atoms with van der Waals surface area (Å²) in [6.07, 6.45) is 2.72. The third-order valence-corrected chi connectivity index (χ3v) is 3.87. The van der Waals surface area contributed by atoms with Crippen molar-refractivity contribution in [3.8, 4) is 0 Å². The Morgan fingerprint density at radius 2 is 2.13 bits per heavy atom. The van der Waals surface area contributed by atoms with Crippen LogP contribution in [0.4, 0.5) is 0 Å². The van der Waals surface area contributed by atoms with Gasteiger partial charge in [-0.1, -0.05) is 22.0 Å². The van der Waals surface area contributed by atoms with Gasteiger partial charge in [-0.15, -0.1) is 0 Å². The zero-order valence-electron chi connectivity index (χ0n) is 8.62. The van der Waals surface area contributed by atoms with E-state index in [9.17, 15) is 0 Å². The first-order chi connectivity index (χ1) is 7.24. The molecule has 1 aromatic rings. The molecular weight excluding hydrogens is 252 g/mol. The first-order valence-electron chi connectivity index (χ1n) is 5.52. The van der Waals surface area contributed by atoms with Gasteiger partial charge < -0.3 is 5.73 Å². The Morgan fingerprint density at radius 3 is 2.87 bits per heavy atom. The van der Waals surface area contributed by atoms with E-state index in [2.05, 4.69) is 39.0 Å². The van der Waals surface area contributed by atoms with Crippen molar-refractivity contribution < 1.29 is 0 Å². The molecule has 15 heavy (non-hydrogen) atoms. The molecule has 1 atom stereocenters. The molecule has 1 aliphatic carbocycles. The number of hydrogen-bond donors (Lipinski definition) is 1. The van der Waals surface area contributed by atoms with Gasteiger partial charge in [-0.25, -0.2) is 0 Å². The molecule has 0 radical (unpaired) electrons. The maximum absolute atomic E-state index is 6.21. The molecule has 1 fully saturated rings. The molecule has 0 bridgehead atoms. The second-order valence-electron chi connectivity index (χ2n) is 4.61. The van der Waals surface area contributed by atoms with E-state index in [0.717, 1.165) is 23.6 Å². The summed E-state index contributed by atoms with van der Waals surface area (Å²) in [5.74, 6) is 0. The van der Waals surface area contributed by atoms with Crippen LogP contribution in [-0.2, 0) is 6.54 Å². The fraction of sp³-hybridized carbons (Fsp3) is 0.500. The number of nitrogens with zero attached hydrogens (tertiary/aromatic N) is 1. The highest BCUT2D eigenvalue weighted by atomic mass is 79.9. The molecule has 1 aliphatic heterocycles. The Morgan fingerprint density at radius 1 is 1.33 bits per heavy atom. The van der Waals surface area contributed by atoms with Gasteiger partial charge >= 0.3 is 0 Å². The van der Waals surface area contributed by atoms with Gasteiger partial charge in [0, 0.05) is 29.6 Å². The monoisotopic (exact) mass is 266 g/mol. The van der Waals surface area contributed by atoms with E-state index in [0.29, 0.717) is 0 Å². The van der Waals surface area contributed by atoms with E-state index in [-0.39, 0.29) is 6.04 Å². The number of fused-ring (bicyclic) bond motifs is 1. The topological polar surface area (TPSA) is 29.3 Å². The molecule has 80 valence electrons. The molecule has 3 heteroatoms. The van der Waals surface area contributed by atoms with Gasteiger partial charge in [0.15, 0.2) is 0 Å². The van der Waals surface area contributed by atoms with Gasteiger partial charge in [0.05, 0.1) is 0 Å². The highest BCUT2D eigenvalue weighted by molar-refractivity contribution is 9.10. The minimum absolute atomic E-state index is 0.187. The lowest BCUT2D eigenvalue weighted by atomic mass is 9.96. The molecular formula is C12H15BrN2. The van der Waals surface area contributed by atoms with Crippen LogP contribution in [0.2, 0.25) is 0 Å². The summed E-state index contributed by atoms with van der Waals surface area (Å²) in [7, 11) is 0. The van der Waals surface area contributed by atoms with E-state index in [4.69, 9.17) is 5.73 Å². The van der Waals surface area contributed by atoms with Crippen LogP contribution in [0.3, 0.4) is 0 Å². The van der Waals surface area contributed by atoms with Gasteiger partial charge in [0.25, 0.3) is 0 Å². The third kappa shape index (κ3) is 1.84. The minimum atomic E-state index is 0.187. The number of benzene rings is 1. The average molecular weight is 267 g/mol. The van der Waals surface area contributed by atoms with Crippen LogP contribution in [0.1, 0.15) is 30.0 Å². The molecule has 0 spiro atoms. The molecule has 2 aliphatic rings. The largest absolute Gasteiger partial charge is 0.323 e. The Labute approximate surface area is 98.6 Å². The smallest absolute Gasteiger partial charge is 0.0428 e. The summed E-state index contributed by atoms with van der Waals surface area (Å²) < 4.78 is 1.14. The van der Waals surface area contributed by atoms with E-state index >= 15 is 0 Å². The SMILES string of the molecule is NC1CN(C2CC2)Cc2ccc(Br)cc21. The second-order valence-corrected chi connectivity index (χ2v) is 5.53. The molecule has 0 aromatic heterocycles. The van der Waals surface area contributed by atoms with Gasteiger partial charge in [-0.05, 0) is 36.1 Å². The van der Waals surface area contributed by atoms with Crippen LogP contribution < -0.4 is 5.73 Å². The average Bonchev–Trinajstić information content (AvgIpc) is 3.02. The number of rotatable bonds is 1. The standard InChI is InChI=1S/C12H15BrN2/c13-9-2-1-8-6-15(10-3-4-10)7-12(14)11(8)5-9/h1-2,5,10,12H,3-4,6-7,14H2. The number of halogens is 1. The highest BCUT2D eigenvalue weighted by Crippen LogP contribution is 2.35. The maximum Gasteiger partial charge on any atom is 0.0428 e. The Bertz CT molecular complexity index is 387. The maximum atomic E-state index is 6.21. The van der Waals surface area contributed by atoms with Crippen molar-refractivity contribution in [1.82, 2.24) is 4.90 Å². The van der Waals surface area contributed by atoms with E-state index in [1.807, 2.05) is 0 Å². The molecule has 2 N–H and O–H groups in total. The van der Waals surface area contributed by atoms with Crippen molar-refractivity contribution in [2.24, 2.45) is 5.73 Å². The van der Waals surface area contributed by atoms with Crippen LogP contribution in [-0.4, -0.2) is 17.5 Å². The first-order valence-corrected chi connectivity index (χ1v) is 6.31. The summed E-state index contributed by atoms with van der Waals surface area (Å²) in [6.45, 7) is 2.11. The van der Waals surface area contributed by atoms with Crippen LogP contribution in [0, 0.1) is 0 Å². The van der Waals surface area contributed by atoms with E-state index < -0.39 is 0 Å². The van der Waals surface area contributed by atoms with Crippen LogP contribution in [0.25, 0.3) is 0 Å². The lowest BCUT2D eigenvalue weighted by Gasteiger charge is -2.33. The van der Waals surface area contributed by atoms with Gasteiger partial charge in [0.2, 0.25) is 0 Å². The van der Waals surface area contributed by atoms with Crippen molar-refractivity contribution in [3.05, 3.63) is 33.8 Å². The fourth-order valence-electron chi connectivity index (χ4n) is 2.41. The van der Waals surface area contributed by atoms with Gasteiger partial charge in [0.1, 0.15) is 0 Å². The summed E-state index contributed by atoms with van der Waals surface area (Å²) in [6, 6.07) is 7.49. The van der Waals surface area contributed by atoms with Crippen LogP contribution in [0.15, 0.2) is 22.7 Å². The van der Waals surface area contributed by atoms with Crippen molar-refractivity contribution in [3.63, 3.8) is 0 Å². The quantitative estimate of drug-likeness (QED) is 0.846. The lowest BCUT2D eigenvalue weighted by Crippen LogP contribution is -2.38. The predicted molar refractivity (Wildman–Crippen MR) is 64.5 cm³/mol.